The average Bonchev–Trinajstić information content (AvgIpc) is 2.40. The Balaban J connectivity index is 2.74. The SMILES string of the molecule is C#CCC(CC)NC(=O)Nc1ccc(C)c(C(=O)O)c1. The number of nitrogens with one attached hydrogen (secondary N) is 2. The van der Waals surface area contributed by atoms with Gasteiger partial charge < -0.3 is 15.7 Å². The summed E-state index contributed by atoms with van der Waals surface area (Å²) >= 11 is 0. The van der Waals surface area contributed by atoms with E-state index in [1.54, 1.807) is 19.1 Å². The van der Waals surface area contributed by atoms with Gasteiger partial charge in [-0.05, 0) is 31.0 Å². The number of amides is 2. The zero-order chi connectivity index (χ0) is 15.1. The first kappa shape index (κ1) is 15.6. The third-order valence-electron chi connectivity index (χ3n) is 2.92. The number of rotatable bonds is 5. The number of carboxylic acid groups (broad SMARTS) is 1. The maximum absolute atomic E-state index is 11.8. The van der Waals surface area contributed by atoms with Gasteiger partial charge in [-0.25, -0.2) is 9.59 Å². The quantitative estimate of drug-likeness (QED) is 0.722. The van der Waals surface area contributed by atoms with Crippen molar-refractivity contribution < 1.29 is 14.7 Å². The summed E-state index contributed by atoms with van der Waals surface area (Å²) in [6, 6.07) is 4.25. The van der Waals surface area contributed by atoms with Crippen molar-refractivity contribution in [2.75, 3.05) is 5.32 Å². The van der Waals surface area contributed by atoms with E-state index >= 15 is 0 Å². The fourth-order valence-corrected chi connectivity index (χ4v) is 1.72. The van der Waals surface area contributed by atoms with E-state index in [9.17, 15) is 9.59 Å². The predicted molar refractivity (Wildman–Crippen MR) is 77.8 cm³/mol. The maximum atomic E-state index is 11.8. The molecule has 1 aromatic carbocycles. The smallest absolute Gasteiger partial charge is 0.336 e. The van der Waals surface area contributed by atoms with Gasteiger partial charge in [0.1, 0.15) is 0 Å². The number of urea groups is 1. The number of aromatic carboxylic acids is 1. The molecule has 0 saturated heterocycles. The maximum Gasteiger partial charge on any atom is 0.336 e. The van der Waals surface area contributed by atoms with Crippen molar-refractivity contribution in [2.24, 2.45) is 0 Å². The molecule has 1 aromatic rings. The third-order valence-corrected chi connectivity index (χ3v) is 2.92. The Bertz CT molecular complexity index is 547. The molecular weight excluding hydrogens is 256 g/mol. The van der Waals surface area contributed by atoms with Crippen LogP contribution in [0.5, 0.6) is 0 Å². The predicted octanol–water partition coefficient (Wildman–Crippen LogP) is 2.62. The lowest BCUT2D eigenvalue weighted by Gasteiger charge is -2.15. The fraction of sp³-hybridized carbons (Fsp3) is 0.333. The number of hydrogen-bond acceptors (Lipinski definition) is 2. The van der Waals surface area contributed by atoms with E-state index in [4.69, 9.17) is 11.5 Å². The summed E-state index contributed by atoms with van der Waals surface area (Å²) in [7, 11) is 0. The second kappa shape index (κ2) is 7.19. The number of hydrogen-bond donors (Lipinski definition) is 3. The number of anilines is 1. The first-order chi connectivity index (χ1) is 9.47. The minimum Gasteiger partial charge on any atom is -0.478 e. The Morgan fingerprint density at radius 3 is 2.70 bits per heavy atom. The molecule has 1 rings (SSSR count). The summed E-state index contributed by atoms with van der Waals surface area (Å²) in [5, 5.41) is 14.4. The van der Waals surface area contributed by atoms with Crippen LogP contribution in [0.25, 0.3) is 0 Å². The molecule has 3 N–H and O–H groups in total. The molecule has 0 bridgehead atoms. The molecule has 0 heterocycles. The topological polar surface area (TPSA) is 78.4 Å². The van der Waals surface area contributed by atoms with E-state index in [0.717, 1.165) is 6.42 Å². The number of carbonyl (C=O) groups excluding carboxylic acids is 1. The summed E-state index contributed by atoms with van der Waals surface area (Å²) in [5.74, 6) is 1.48. The van der Waals surface area contributed by atoms with Crippen molar-refractivity contribution >= 4 is 17.7 Å². The zero-order valence-corrected chi connectivity index (χ0v) is 11.6. The third kappa shape index (κ3) is 4.32. The van der Waals surface area contributed by atoms with Crippen LogP contribution in [-0.4, -0.2) is 23.1 Å². The Hall–Kier alpha value is -2.48. The van der Waals surface area contributed by atoms with Crippen LogP contribution in [0.15, 0.2) is 18.2 Å². The molecule has 106 valence electrons. The summed E-state index contributed by atoms with van der Waals surface area (Å²) in [4.78, 5) is 22.8. The number of aryl methyl sites for hydroxylation is 1. The summed E-state index contributed by atoms with van der Waals surface area (Å²) < 4.78 is 0. The van der Waals surface area contributed by atoms with Crippen LogP contribution in [0, 0.1) is 19.3 Å². The highest BCUT2D eigenvalue weighted by molar-refractivity contribution is 5.94. The molecule has 5 nitrogen and oxygen atoms in total. The van der Waals surface area contributed by atoms with Crippen LogP contribution in [0.4, 0.5) is 10.5 Å². The van der Waals surface area contributed by atoms with Crippen molar-refractivity contribution in [2.45, 2.75) is 32.7 Å². The number of terminal acetylenes is 1. The minimum absolute atomic E-state index is 0.0932. The molecule has 0 aliphatic heterocycles. The Kier molecular flexibility index (Phi) is 5.60. The molecule has 0 aliphatic carbocycles. The van der Waals surface area contributed by atoms with Gasteiger partial charge in [-0.15, -0.1) is 12.3 Å². The van der Waals surface area contributed by atoms with Crippen LogP contribution in [0.1, 0.15) is 35.7 Å². The normalized spacial score (nSPS) is 11.2. The summed E-state index contributed by atoms with van der Waals surface area (Å²) in [5.41, 5.74) is 1.24. The molecule has 0 spiro atoms. The monoisotopic (exact) mass is 274 g/mol. The number of benzene rings is 1. The second-order valence-corrected chi connectivity index (χ2v) is 4.45. The lowest BCUT2D eigenvalue weighted by atomic mass is 10.1. The lowest BCUT2D eigenvalue weighted by Crippen LogP contribution is -2.37. The van der Waals surface area contributed by atoms with E-state index in [0.29, 0.717) is 17.7 Å². The minimum atomic E-state index is -1.02. The van der Waals surface area contributed by atoms with Gasteiger partial charge in [-0.1, -0.05) is 13.0 Å². The van der Waals surface area contributed by atoms with Crippen LogP contribution < -0.4 is 10.6 Å². The molecule has 0 aliphatic rings. The van der Waals surface area contributed by atoms with Gasteiger partial charge in [0.15, 0.2) is 0 Å². The first-order valence-corrected chi connectivity index (χ1v) is 6.32. The van der Waals surface area contributed by atoms with Crippen LogP contribution in [-0.2, 0) is 0 Å². The van der Waals surface area contributed by atoms with Gasteiger partial charge in [0.2, 0.25) is 0 Å². The Morgan fingerprint density at radius 2 is 2.15 bits per heavy atom. The highest BCUT2D eigenvalue weighted by Gasteiger charge is 2.11. The van der Waals surface area contributed by atoms with Gasteiger partial charge in [0.25, 0.3) is 0 Å². The summed E-state index contributed by atoms with van der Waals surface area (Å²) in [6.07, 6.45) is 6.40. The molecule has 1 unspecified atom stereocenters. The van der Waals surface area contributed by atoms with Crippen LogP contribution in [0.3, 0.4) is 0 Å². The number of carbonyl (C=O) groups is 2. The lowest BCUT2D eigenvalue weighted by molar-refractivity contribution is 0.0696. The van der Waals surface area contributed by atoms with Gasteiger partial charge in [-0.2, -0.15) is 0 Å². The van der Waals surface area contributed by atoms with E-state index < -0.39 is 12.0 Å². The molecule has 0 aromatic heterocycles. The second-order valence-electron chi connectivity index (χ2n) is 4.45. The largest absolute Gasteiger partial charge is 0.478 e. The van der Waals surface area contributed by atoms with Gasteiger partial charge in [0, 0.05) is 18.2 Å². The highest BCUT2D eigenvalue weighted by atomic mass is 16.4. The van der Waals surface area contributed by atoms with E-state index in [2.05, 4.69) is 16.6 Å². The van der Waals surface area contributed by atoms with E-state index in [1.165, 1.54) is 6.07 Å². The molecule has 1 atom stereocenters. The van der Waals surface area contributed by atoms with Gasteiger partial charge in [0.05, 0.1) is 5.56 Å². The van der Waals surface area contributed by atoms with Crippen molar-refractivity contribution in [3.8, 4) is 12.3 Å². The zero-order valence-electron chi connectivity index (χ0n) is 11.6. The molecule has 0 radical (unpaired) electrons. The molecule has 5 heteroatoms. The van der Waals surface area contributed by atoms with Crippen molar-refractivity contribution in [3.05, 3.63) is 29.3 Å². The van der Waals surface area contributed by atoms with Crippen LogP contribution in [0.2, 0.25) is 0 Å². The van der Waals surface area contributed by atoms with Crippen molar-refractivity contribution in [3.63, 3.8) is 0 Å². The van der Waals surface area contributed by atoms with Crippen LogP contribution >= 0.6 is 0 Å². The standard InChI is InChI=1S/C15H18N2O3/c1-4-6-11(5-2)16-15(20)17-12-8-7-10(3)13(9-12)14(18)19/h1,7-9,11H,5-6H2,2-3H3,(H,18,19)(H2,16,17,20). The number of carboxylic acids is 1. The van der Waals surface area contributed by atoms with Gasteiger partial charge >= 0.3 is 12.0 Å². The Labute approximate surface area is 118 Å². The van der Waals surface area contributed by atoms with E-state index in [1.807, 2.05) is 6.92 Å². The highest BCUT2D eigenvalue weighted by Crippen LogP contribution is 2.15. The summed E-state index contributed by atoms with van der Waals surface area (Å²) in [6.45, 7) is 3.63. The molecule has 0 fully saturated rings. The fourth-order valence-electron chi connectivity index (χ4n) is 1.72. The molecular formula is C15H18N2O3. The first-order valence-electron chi connectivity index (χ1n) is 6.32. The van der Waals surface area contributed by atoms with Crippen molar-refractivity contribution in [1.82, 2.24) is 5.32 Å². The average molecular weight is 274 g/mol. The van der Waals surface area contributed by atoms with E-state index in [-0.39, 0.29) is 11.6 Å². The molecule has 20 heavy (non-hydrogen) atoms. The van der Waals surface area contributed by atoms with Crippen molar-refractivity contribution in [1.29, 1.82) is 0 Å². The molecule has 2 amide bonds. The Morgan fingerprint density at radius 1 is 1.45 bits per heavy atom. The molecule has 0 saturated carbocycles. The van der Waals surface area contributed by atoms with Gasteiger partial charge in [-0.3, -0.25) is 0 Å².